The molecule has 3 heterocycles. The molecule has 1 fully saturated rings. The summed E-state index contributed by atoms with van der Waals surface area (Å²) in [6.07, 6.45) is 3.64. The molecule has 1 saturated heterocycles. The predicted octanol–water partition coefficient (Wildman–Crippen LogP) is 2.34. The van der Waals surface area contributed by atoms with Crippen molar-refractivity contribution < 1.29 is 18.0 Å². The van der Waals surface area contributed by atoms with Crippen LogP contribution in [0.3, 0.4) is 0 Å². The molecule has 0 atom stereocenters. The van der Waals surface area contributed by atoms with E-state index in [0.29, 0.717) is 22.1 Å². The van der Waals surface area contributed by atoms with Gasteiger partial charge in [0.05, 0.1) is 16.2 Å². The summed E-state index contributed by atoms with van der Waals surface area (Å²) in [5.74, 6) is -1.02. The Labute approximate surface area is 195 Å². The predicted molar refractivity (Wildman–Crippen MR) is 127 cm³/mol. The van der Waals surface area contributed by atoms with Gasteiger partial charge < -0.3 is 15.6 Å². The summed E-state index contributed by atoms with van der Waals surface area (Å²) in [6, 6.07) is 6.22. The maximum absolute atomic E-state index is 13.2. The Hall–Kier alpha value is -3.22. The van der Waals surface area contributed by atoms with E-state index >= 15 is 0 Å². The zero-order chi connectivity index (χ0) is 23.8. The molecule has 2 amide bonds. The largest absolute Gasteiger partial charge is 0.371 e. The van der Waals surface area contributed by atoms with Gasteiger partial charge in [-0.1, -0.05) is 0 Å². The lowest BCUT2D eigenvalue weighted by molar-refractivity contribution is 0.0994. The number of nitrogens with zero attached hydrogens (tertiary/aromatic N) is 3. The highest BCUT2D eigenvalue weighted by atomic mass is 32.2. The number of hydrogen-bond acceptors (Lipinski definition) is 7. The van der Waals surface area contributed by atoms with E-state index in [0.717, 1.165) is 30.2 Å². The van der Waals surface area contributed by atoms with Crippen molar-refractivity contribution >= 4 is 44.0 Å². The van der Waals surface area contributed by atoms with Crippen LogP contribution in [0.1, 0.15) is 33.7 Å². The van der Waals surface area contributed by atoms with Gasteiger partial charge in [0, 0.05) is 50.0 Å². The molecule has 4 N–H and O–H groups in total. The van der Waals surface area contributed by atoms with Crippen molar-refractivity contribution in [2.24, 2.45) is 5.73 Å². The zero-order valence-corrected chi connectivity index (χ0v) is 19.8. The van der Waals surface area contributed by atoms with Gasteiger partial charge in [0.1, 0.15) is 5.69 Å². The Morgan fingerprint density at radius 2 is 1.94 bits per heavy atom. The molecule has 0 spiro atoms. The van der Waals surface area contributed by atoms with Crippen molar-refractivity contribution in [3.8, 4) is 11.3 Å². The normalized spacial score (nSPS) is 14.1. The molecule has 1 aliphatic heterocycles. The molecule has 0 saturated carbocycles. The van der Waals surface area contributed by atoms with Gasteiger partial charge in [-0.25, -0.2) is 17.7 Å². The standard InChI is InChI=1S/C21H24N6O4S2/c1-26(2)33(30,31)14-5-6-18(27-7-3-4-8-27)15(10-14)20(29)25-21-24-17(12-32-21)13-9-16(19(22)28)23-11-13/h5-6,9-12,23H,3-4,7-8H2,1-2H3,(H2,22,28)(H,24,25,29). The minimum Gasteiger partial charge on any atom is -0.371 e. The third kappa shape index (κ3) is 4.63. The van der Waals surface area contributed by atoms with Crippen LogP contribution in [0.5, 0.6) is 0 Å². The van der Waals surface area contributed by atoms with Crippen molar-refractivity contribution in [1.82, 2.24) is 14.3 Å². The second-order valence-corrected chi connectivity index (χ2v) is 10.8. The molecule has 10 nitrogen and oxygen atoms in total. The lowest BCUT2D eigenvalue weighted by Crippen LogP contribution is -2.25. The molecule has 1 aliphatic rings. The minimum absolute atomic E-state index is 0.0479. The summed E-state index contributed by atoms with van der Waals surface area (Å²) < 4.78 is 26.4. The molecule has 33 heavy (non-hydrogen) atoms. The number of carbonyl (C=O) groups is 2. The Kier molecular flexibility index (Phi) is 6.23. The smallest absolute Gasteiger partial charge is 0.265 e. The van der Waals surface area contributed by atoms with Crippen LogP contribution < -0.4 is 16.0 Å². The van der Waals surface area contributed by atoms with Crippen molar-refractivity contribution in [2.75, 3.05) is 37.4 Å². The molecule has 12 heteroatoms. The van der Waals surface area contributed by atoms with Gasteiger partial charge in [0.15, 0.2) is 5.13 Å². The highest BCUT2D eigenvalue weighted by Crippen LogP contribution is 2.30. The summed E-state index contributed by atoms with van der Waals surface area (Å²) in [7, 11) is -0.803. The molecular formula is C21H24N6O4S2. The summed E-state index contributed by atoms with van der Waals surface area (Å²) in [5, 5.41) is 4.88. The molecule has 0 bridgehead atoms. The van der Waals surface area contributed by atoms with Crippen LogP contribution >= 0.6 is 11.3 Å². The minimum atomic E-state index is -3.70. The number of sulfonamides is 1. The van der Waals surface area contributed by atoms with E-state index in [1.807, 2.05) is 0 Å². The Bertz CT molecular complexity index is 1310. The molecule has 0 radical (unpaired) electrons. The maximum atomic E-state index is 13.2. The number of aromatic nitrogens is 2. The first kappa shape index (κ1) is 23.0. The molecule has 4 rings (SSSR count). The summed E-state index contributed by atoms with van der Waals surface area (Å²) in [5.41, 5.74) is 7.73. The lowest BCUT2D eigenvalue weighted by atomic mass is 10.1. The number of aromatic amines is 1. The van der Waals surface area contributed by atoms with E-state index in [1.165, 1.54) is 37.6 Å². The number of benzene rings is 1. The first-order valence-corrected chi connectivity index (χ1v) is 12.6. The Balaban J connectivity index is 1.64. The molecule has 2 aromatic heterocycles. The summed E-state index contributed by atoms with van der Waals surface area (Å²) >= 11 is 1.22. The first-order valence-electron chi connectivity index (χ1n) is 10.2. The van der Waals surface area contributed by atoms with E-state index in [2.05, 4.69) is 20.2 Å². The molecule has 174 valence electrons. The van der Waals surface area contributed by atoms with E-state index in [4.69, 9.17) is 5.73 Å². The molecule has 1 aromatic carbocycles. The second kappa shape index (κ2) is 8.96. The average molecular weight is 489 g/mol. The molecule has 0 aliphatic carbocycles. The van der Waals surface area contributed by atoms with Crippen molar-refractivity contribution in [1.29, 1.82) is 0 Å². The van der Waals surface area contributed by atoms with Crippen molar-refractivity contribution in [3.63, 3.8) is 0 Å². The first-order chi connectivity index (χ1) is 15.7. The highest BCUT2D eigenvalue weighted by Gasteiger charge is 2.25. The van der Waals surface area contributed by atoms with Crippen molar-refractivity contribution in [2.45, 2.75) is 17.7 Å². The lowest BCUT2D eigenvalue weighted by Gasteiger charge is -2.22. The average Bonchev–Trinajstić information content (AvgIpc) is 3.54. The van der Waals surface area contributed by atoms with Crippen LogP contribution in [0, 0.1) is 0 Å². The van der Waals surface area contributed by atoms with E-state index in [9.17, 15) is 18.0 Å². The topological polar surface area (TPSA) is 141 Å². The van der Waals surface area contributed by atoms with Crippen LogP contribution in [-0.2, 0) is 10.0 Å². The maximum Gasteiger partial charge on any atom is 0.265 e. The van der Waals surface area contributed by atoms with Gasteiger partial charge in [-0.3, -0.25) is 14.9 Å². The van der Waals surface area contributed by atoms with Gasteiger partial charge in [-0.15, -0.1) is 11.3 Å². The number of rotatable bonds is 7. The van der Waals surface area contributed by atoms with E-state index < -0.39 is 21.8 Å². The third-order valence-corrected chi connectivity index (χ3v) is 7.98. The van der Waals surface area contributed by atoms with Gasteiger partial charge in [-0.2, -0.15) is 0 Å². The number of thiazole rings is 1. The number of amides is 2. The number of primary amides is 1. The van der Waals surface area contributed by atoms with Gasteiger partial charge in [0.25, 0.3) is 11.8 Å². The summed E-state index contributed by atoms with van der Waals surface area (Å²) in [6.45, 7) is 1.61. The molecular weight excluding hydrogens is 464 g/mol. The van der Waals surface area contributed by atoms with Gasteiger partial charge in [0.2, 0.25) is 10.0 Å². The molecule has 3 aromatic rings. The van der Waals surface area contributed by atoms with E-state index in [-0.39, 0.29) is 16.2 Å². The van der Waals surface area contributed by atoms with Crippen molar-refractivity contribution in [3.05, 3.63) is 47.1 Å². The van der Waals surface area contributed by atoms with Crippen LogP contribution in [0.15, 0.2) is 40.7 Å². The van der Waals surface area contributed by atoms with Gasteiger partial charge >= 0.3 is 0 Å². The fraction of sp³-hybridized carbons (Fsp3) is 0.286. The number of hydrogen-bond donors (Lipinski definition) is 3. The fourth-order valence-electron chi connectivity index (χ4n) is 3.61. The highest BCUT2D eigenvalue weighted by molar-refractivity contribution is 7.89. The zero-order valence-electron chi connectivity index (χ0n) is 18.2. The van der Waals surface area contributed by atoms with Crippen LogP contribution in [-0.4, -0.2) is 61.7 Å². The molecule has 0 unspecified atom stereocenters. The van der Waals surface area contributed by atoms with Crippen LogP contribution in [0.4, 0.5) is 10.8 Å². The second-order valence-electron chi connectivity index (χ2n) is 7.82. The number of carbonyl (C=O) groups excluding carboxylic acids is 2. The Morgan fingerprint density at radius 3 is 2.58 bits per heavy atom. The fourth-order valence-corrected chi connectivity index (χ4v) is 5.26. The van der Waals surface area contributed by atoms with E-state index in [1.54, 1.807) is 23.7 Å². The third-order valence-electron chi connectivity index (χ3n) is 5.41. The monoisotopic (exact) mass is 488 g/mol. The number of nitrogens with one attached hydrogen (secondary N) is 2. The number of nitrogens with two attached hydrogens (primary N) is 1. The van der Waals surface area contributed by atoms with Crippen LogP contribution in [0.2, 0.25) is 0 Å². The number of H-pyrrole nitrogens is 1. The Morgan fingerprint density at radius 1 is 1.21 bits per heavy atom. The quantitative estimate of drug-likeness (QED) is 0.466. The summed E-state index contributed by atoms with van der Waals surface area (Å²) in [4.78, 5) is 33.9. The van der Waals surface area contributed by atoms with Gasteiger partial charge in [-0.05, 0) is 37.1 Å². The number of anilines is 2. The SMILES string of the molecule is CN(C)S(=O)(=O)c1ccc(N2CCCC2)c(C(=O)Nc2nc(-c3c[nH]c(C(N)=O)c3)cs2)c1. The van der Waals surface area contributed by atoms with Crippen LogP contribution in [0.25, 0.3) is 11.3 Å².